The summed E-state index contributed by atoms with van der Waals surface area (Å²) in [5.41, 5.74) is 0.563. The molecule has 3 N–H and O–H groups in total. The molecule has 0 radical (unpaired) electrons. The monoisotopic (exact) mass is 288 g/mol. The summed E-state index contributed by atoms with van der Waals surface area (Å²) in [5, 5.41) is 15.0. The Morgan fingerprint density at radius 3 is 2.72 bits per heavy atom. The number of carbonyl (C=O) groups is 1. The van der Waals surface area contributed by atoms with Crippen molar-refractivity contribution in [2.45, 2.75) is 18.2 Å². The highest BCUT2D eigenvalue weighted by atomic mass is 35.5. The first-order chi connectivity index (χ1) is 8.58. The minimum atomic E-state index is -0.330. The summed E-state index contributed by atoms with van der Waals surface area (Å²) in [6, 6.07) is 6.56. The summed E-state index contributed by atoms with van der Waals surface area (Å²) >= 11 is 7.45. The second-order valence-electron chi connectivity index (χ2n) is 3.82. The van der Waals surface area contributed by atoms with Gasteiger partial charge < -0.3 is 15.7 Å². The summed E-state index contributed by atoms with van der Waals surface area (Å²) in [5.74, 6) is 0. The molecule has 0 bridgehead atoms. The van der Waals surface area contributed by atoms with Crippen LogP contribution in [0.3, 0.4) is 0 Å². The van der Waals surface area contributed by atoms with Gasteiger partial charge in [0.05, 0.1) is 17.3 Å². The van der Waals surface area contributed by atoms with Gasteiger partial charge in [-0.15, -0.1) is 0 Å². The van der Waals surface area contributed by atoms with E-state index in [1.54, 1.807) is 24.3 Å². The average molecular weight is 289 g/mol. The number of carbonyl (C=O) groups excluding carboxylic acids is 1. The normalized spacial score (nSPS) is 13.8. The van der Waals surface area contributed by atoms with Crippen LogP contribution in [-0.4, -0.2) is 35.3 Å². The fraction of sp³-hybridized carbons (Fsp3) is 0.417. The van der Waals surface area contributed by atoms with Crippen molar-refractivity contribution >= 4 is 35.1 Å². The minimum absolute atomic E-state index is 0.0225. The molecule has 2 atom stereocenters. The van der Waals surface area contributed by atoms with E-state index < -0.39 is 0 Å². The SMILES string of the molecule is CSC(CO)C(C)NC(=O)Nc1ccccc1Cl. The summed E-state index contributed by atoms with van der Waals surface area (Å²) < 4.78 is 0. The van der Waals surface area contributed by atoms with E-state index in [9.17, 15) is 4.79 Å². The van der Waals surface area contributed by atoms with Gasteiger partial charge in [-0.3, -0.25) is 0 Å². The highest BCUT2D eigenvalue weighted by molar-refractivity contribution is 7.99. The number of anilines is 1. The smallest absolute Gasteiger partial charge is 0.319 e. The molecular formula is C12H17ClN2O2S. The number of halogens is 1. The van der Waals surface area contributed by atoms with E-state index >= 15 is 0 Å². The maximum Gasteiger partial charge on any atom is 0.319 e. The molecule has 100 valence electrons. The Kier molecular flexibility index (Phi) is 6.32. The van der Waals surface area contributed by atoms with Crippen LogP contribution < -0.4 is 10.6 Å². The van der Waals surface area contributed by atoms with Crippen molar-refractivity contribution in [3.05, 3.63) is 29.3 Å². The second-order valence-corrected chi connectivity index (χ2v) is 5.31. The molecule has 1 aromatic carbocycles. The van der Waals surface area contributed by atoms with Crippen molar-refractivity contribution in [1.82, 2.24) is 5.32 Å². The number of hydrogen-bond acceptors (Lipinski definition) is 3. The average Bonchev–Trinajstić information content (AvgIpc) is 2.33. The van der Waals surface area contributed by atoms with Gasteiger partial charge in [-0.2, -0.15) is 11.8 Å². The van der Waals surface area contributed by atoms with Crippen LogP contribution in [-0.2, 0) is 0 Å². The van der Waals surface area contributed by atoms with Gasteiger partial charge in [0.25, 0.3) is 0 Å². The van der Waals surface area contributed by atoms with Gasteiger partial charge in [0, 0.05) is 11.3 Å². The molecule has 0 aliphatic heterocycles. The maximum atomic E-state index is 11.7. The van der Waals surface area contributed by atoms with Gasteiger partial charge in [-0.25, -0.2) is 4.79 Å². The third-order valence-electron chi connectivity index (χ3n) is 2.52. The first-order valence-electron chi connectivity index (χ1n) is 5.54. The molecule has 2 unspecified atom stereocenters. The number of amides is 2. The topological polar surface area (TPSA) is 61.4 Å². The molecule has 4 nitrogen and oxygen atoms in total. The molecule has 6 heteroatoms. The van der Waals surface area contributed by atoms with Gasteiger partial charge in [0.15, 0.2) is 0 Å². The lowest BCUT2D eigenvalue weighted by molar-refractivity contribution is 0.243. The number of para-hydroxylation sites is 1. The molecule has 0 saturated heterocycles. The third kappa shape index (κ3) is 4.40. The zero-order valence-electron chi connectivity index (χ0n) is 10.3. The maximum absolute atomic E-state index is 11.7. The molecular weight excluding hydrogens is 272 g/mol. The number of aliphatic hydroxyl groups excluding tert-OH is 1. The van der Waals surface area contributed by atoms with Crippen LogP contribution in [0, 0.1) is 0 Å². The predicted molar refractivity (Wildman–Crippen MR) is 77.5 cm³/mol. The van der Waals surface area contributed by atoms with Crippen molar-refractivity contribution < 1.29 is 9.90 Å². The molecule has 0 heterocycles. The molecule has 0 aliphatic rings. The number of urea groups is 1. The van der Waals surface area contributed by atoms with Crippen LogP contribution in [0.2, 0.25) is 5.02 Å². The number of nitrogens with one attached hydrogen (secondary N) is 2. The van der Waals surface area contributed by atoms with E-state index in [-0.39, 0.29) is 23.9 Å². The largest absolute Gasteiger partial charge is 0.395 e. The Bertz CT molecular complexity index is 399. The van der Waals surface area contributed by atoms with Gasteiger partial charge in [0.2, 0.25) is 0 Å². The minimum Gasteiger partial charge on any atom is -0.395 e. The molecule has 18 heavy (non-hydrogen) atoms. The molecule has 0 spiro atoms. The lowest BCUT2D eigenvalue weighted by Gasteiger charge is -2.21. The number of benzene rings is 1. The van der Waals surface area contributed by atoms with Crippen LogP contribution in [0.25, 0.3) is 0 Å². The number of hydrogen-bond donors (Lipinski definition) is 3. The van der Waals surface area contributed by atoms with Crippen LogP contribution in [0.15, 0.2) is 24.3 Å². The Morgan fingerprint density at radius 1 is 1.50 bits per heavy atom. The quantitative estimate of drug-likeness (QED) is 0.780. The summed E-state index contributed by atoms with van der Waals surface area (Å²) in [6.07, 6.45) is 1.89. The Balaban J connectivity index is 2.54. The van der Waals surface area contributed by atoms with Crippen molar-refractivity contribution in [2.75, 3.05) is 18.2 Å². The van der Waals surface area contributed by atoms with Crippen molar-refractivity contribution in [1.29, 1.82) is 0 Å². The standard InChI is InChI=1S/C12H17ClN2O2S/c1-8(11(7-16)18-2)14-12(17)15-10-6-4-3-5-9(10)13/h3-6,8,11,16H,7H2,1-2H3,(H2,14,15,17). The zero-order chi connectivity index (χ0) is 13.5. The fourth-order valence-electron chi connectivity index (χ4n) is 1.46. The summed E-state index contributed by atoms with van der Waals surface area (Å²) in [6.45, 7) is 1.87. The van der Waals surface area contributed by atoms with Gasteiger partial charge in [-0.05, 0) is 25.3 Å². The first kappa shape index (κ1) is 15.1. The molecule has 0 fully saturated rings. The highest BCUT2D eigenvalue weighted by Crippen LogP contribution is 2.20. The van der Waals surface area contributed by atoms with Crippen LogP contribution in [0.5, 0.6) is 0 Å². The van der Waals surface area contributed by atoms with E-state index in [0.29, 0.717) is 10.7 Å². The molecule has 1 aromatic rings. The van der Waals surface area contributed by atoms with E-state index in [1.165, 1.54) is 11.8 Å². The predicted octanol–water partition coefficient (Wildman–Crippen LogP) is 2.57. The molecule has 0 saturated carbocycles. The van der Waals surface area contributed by atoms with E-state index in [4.69, 9.17) is 16.7 Å². The lowest BCUT2D eigenvalue weighted by atomic mass is 10.2. The Morgan fingerprint density at radius 2 is 2.17 bits per heavy atom. The van der Waals surface area contributed by atoms with Crippen molar-refractivity contribution in [3.8, 4) is 0 Å². The molecule has 2 amide bonds. The number of rotatable bonds is 5. The van der Waals surface area contributed by atoms with Gasteiger partial charge >= 0.3 is 6.03 Å². The third-order valence-corrected chi connectivity index (χ3v) is 4.01. The van der Waals surface area contributed by atoms with Crippen LogP contribution in [0.4, 0.5) is 10.5 Å². The van der Waals surface area contributed by atoms with E-state index in [1.807, 2.05) is 13.2 Å². The Hall–Kier alpha value is -0.910. The van der Waals surface area contributed by atoms with E-state index in [2.05, 4.69) is 10.6 Å². The zero-order valence-corrected chi connectivity index (χ0v) is 11.9. The number of aliphatic hydroxyl groups is 1. The van der Waals surface area contributed by atoms with Gasteiger partial charge in [0.1, 0.15) is 0 Å². The van der Waals surface area contributed by atoms with Gasteiger partial charge in [-0.1, -0.05) is 23.7 Å². The van der Waals surface area contributed by atoms with E-state index in [0.717, 1.165) is 0 Å². The lowest BCUT2D eigenvalue weighted by Crippen LogP contribution is -2.43. The first-order valence-corrected chi connectivity index (χ1v) is 7.20. The van der Waals surface area contributed by atoms with Crippen LogP contribution in [0.1, 0.15) is 6.92 Å². The fourth-order valence-corrected chi connectivity index (χ4v) is 2.27. The van der Waals surface area contributed by atoms with Crippen molar-refractivity contribution in [3.63, 3.8) is 0 Å². The Labute approximate surface area is 116 Å². The summed E-state index contributed by atoms with van der Waals surface area (Å²) in [4.78, 5) is 11.7. The summed E-state index contributed by atoms with van der Waals surface area (Å²) in [7, 11) is 0. The van der Waals surface area contributed by atoms with Crippen LogP contribution >= 0.6 is 23.4 Å². The molecule has 0 aromatic heterocycles. The number of thioether (sulfide) groups is 1. The second kappa shape index (κ2) is 7.51. The molecule has 1 rings (SSSR count). The van der Waals surface area contributed by atoms with Crippen molar-refractivity contribution in [2.24, 2.45) is 0 Å². The molecule has 0 aliphatic carbocycles. The highest BCUT2D eigenvalue weighted by Gasteiger charge is 2.17.